The second kappa shape index (κ2) is 6.54. The van der Waals surface area contributed by atoms with Crippen molar-refractivity contribution in [1.29, 1.82) is 0 Å². The van der Waals surface area contributed by atoms with Crippen LogP contribution in [0, 0.1) is 0 Å². The highest BCUT2D eigenvalue weighted by molar-refractivity contribution is 6.41. The molecule has 0 fully saturated rings. The molecule has 0 aliphatic heterocycles. The molecule has 24 heavy (non-hydrogen) atoms. The Morgan fingerprint density at radius 2 is 1.83 bits per heavy atom. The number of hydrogen-bond donors (Lipinski definition) is 2. The summed E-state index contributed by atoms with van der Waals surface area (Å²) in [6.07, 6.45) is 1.56. The number of halogens is 2. The van der Waals surface area contributed by atoms with Crippen molar-refractivity contribution in [1.82, 2.24) is 15.0 Å². The summed E-state index contributed by atoms with van der Waals surface area (Å²) >= 11 is 12.6. The van der Waals surface area contributed by atoms with Crippen molar-refractivity contribution >= 4 is 45.9 Å². The fourth-order valence-corrected chi connectivity index (χ4v) is 2.72. The van der Waals surface area contributed by atoms with E-state index in [9.17, 15) is 4.79 Å². The second-order valence-electron chi connectivity index (χ2n) is 4.69. The molecule has 0 saturated carbocycles. The minimum atomic E-state index is -0.463. The van der Waals surface area contributed by atoms with Gasteiger partial charge in [-0.15, -0.1) is 0 Å². The number of H-pyrrole nitrogens is 1. The number of nitrogens with one attached hydrogen (secondary N) is 2. The molecule has 2 N–H and O–H groups in total. The third-order valence-corrected chi connectivity index (χ3v) is 4.03. The number of rotatable bonds is 4. The summed E-state index contributed by atoms with van der Waals surface area (Å²) in [5, 5.41) is 3.25. The van der Waals surface area contributed by atoms with E-state index >= 15 is 0 Å². The molecule has 7 nitrogen and oxygen atoms in total. The summed E-state index contributed by atoms with van der Waals surface area (Å²) in [4.78, 5) is 23.1. The van der Waals surface area contributed by atoms with Gasteiger partial charge in [0.15, 0.2) is 11.5 Å². The molecule has 0 aliphatic carbocycles. The molecule has 0 bridgehead atoms. The van der Waals surface area contributed by atoms with Crippen molar-refractivity contribution in [2.24, 2.45) is 0 Å². The van der Waals surface area contributed by atoms with Crippen molar-refractivity contribution in [2.75, 3.05) is 19.5 Å². The van der Waals surface area contributed by atoms with Crippen LogP contribution in [-0.2, 0) is 0 Å². The quantitative estimate of drug-likeness (QED) is 0.735. The van der Waals surface area contributed by atoms with Gasteiger partial charge in [0.1, 0.15) is 27.1 Å². The van der Waals surface area contributed by atoms with Gasteiger partial charge in [0.05, 0.1) is 19.9 Å². The number of anilines is 2. The maximum atomic E-state index is 12.2. The normalized spacial score (nSPS) is 10.7. The molecule has 1 aromatic carbocycles. The van der Waals surface area contributed by atoms with Gasteiger partial charge in [-0.2, -0.15) is 0 Å². The van der Waals surface area contributed by atoms with Gasteiger partial charge in [0, 0.05) is 12.3 Å². The molecule has 124 valence electrons. The average Bonchev–Trinajstić information content (AvgIpc) is 2.59. The van der Waals surface area contributed by atoms with E-state index in [1.54, 1.807) is 24.4 Å². The topological polar surface area (TPSA) is 89.1 Å². The lowest BCUT2D eigenvalue weighted by Crippen LogP contribution is -2.15. The van der Waals surface area contributed by atoms with Crippen molar-refractivity contribution in [3.8, 4) is 11.5 Å². The summed E-state index contributed by atoms with van der Waals surface area (Å²) in [5.41, 5.74) is 0.695. The number of fused-ring (bicyclic) bond motifs is 1. The first-order valence-corrected chi connectivity index (χ1v) is 7.52. The maximum Gasteiger partial charge on any atom is 0.292 e. The summed E-state index contributed by atoms with van der Waals surface area (Å²) in [6.45, 7) is 0. The molecule has 0 unspecified atom stereocenters. The lowest BCUT2D eigenvalue weighted by molar-refractivity contribution is 0.395. The van der Waals surface area contributed by atoms with E-state index in [0.29, 0.717) is 22.7 Å². The SMILES string of the molecule is COc1cc(OC)c(Cl)c(Nc2nc3cccnc3[nH]c2=O)c1Cl. The fourth-order valence-electron chi connectivity index (χ4n) is 2.12. The highest BCUT2D eigenvalue weighted by atomic mass is 35.5. The van der Waals surface area contributed by atoms with Gasteiger partial charge in [-0.05, 0) is 12.1 Å². The van der Waals surface area contributed by atoms with Gasteiger partial charge in [-0.25, -0.2) is 9.97 Å². The van der Waals surface area contributed by atoms with Crippen LogP contribution in [0.5, 0.6) is 11.5 Å². The first kappa shape index (κ1) is 16.4. The summed E-state index contributed by atoms with van der Waals surface area (Å²) in [7, 11) is 2.93. The van der Waals surface area contributed by atoms with Crippen LogP contribution < -0.4 is 20.3 Å². The Labute approximate surface area is 146 Å². The summed E-state index contributed by atoms with van der Waals surface area (Å²) in [6, 6.07) is 4.99. The molecule has 3 rings (SSSR count). The fraction of sp³-hybridized carbons (Fsp3) is 0.133. The zero-order chi connectivity index (χ0) is 17.3. The smallest absolute Gasteiger partial charge is 0.292 e. The van der Waals surface area contributed by atoms with Gasteiger partial charge < -0.3 is 19.8 Å². The number of nitrogens with zero attached hydrogens (tertiary/aromatic N) is 2. The molecule has 2 aromatic heterocycles. The Morgan fingerprint density at radius 3 is 2.46 bits per heavy atom. The summed E-state index contributed by atoms with van der Waals surface area (Å²) < 4.78 is 10.4. The number of benzene rings is 1. The lowest BCUT2D eigenvalue weighted by atomic mass is 10.2. The van der Waals surface area contributed by atoms with Crippen LogP contribution in [0.15, 0.2) is 29.2 Å². The van der Waals surface area contributed by atoms with Crippen LogP contribution in [0.25, 0.3) is 11.2 Å². The molecular formula is C15H12Cl2N4O3. The van der Waals surface area contributed by atoms with E-state index in [4.69, 9.17) is 32.7 Å². The van der Waals surface area contributed by atoms with Crippen LogP contribution >= 0.6 is 23.2 Å². The van der Waals surface area contributed by atoms with Crippen LogP contribution in [0.3, 0.4) is 0 Å². The second-order valence-corrected chi connectivity index (χ2v) is 5.45. The first-order valence-electron chi connectivity index (χ1n) is 6.77. The zero-order valence-corrected chi connectivity index (χ0v) is 14.2. The Kier molecular flexibility index (Phi) is 4.46. The van der Waals surface area contributed by atoms with Crippen molar-refractivity contribution in [2.45, 2.75) is 0 Å². The van der Waals surface area contributed by atoms with Crippen molar-refractivity contribution < 1.29 is 9.47 Å². The number of aromatic nitrogens is 3. The number of aromatic amines is 1. The third-order valence-electron chi connectivity index (χ3n) is 3.28. The molecule has 0 atom stereocenters. The van der Waals surface area contributed by atoms with E-state index in [2.05, 4.69) is 20.3 Å². The predicted molar refractivity (Wildman–Crippen MR) is 93.0 cm³/mol. The van der Waals surface area contributed by atoms with E-state index in [0.717, 1.165) is 0 Å². The Hall–Kier alpha value is -2.51. The van der Waals surface area contributed by atoms with E-state index < -0.39 is 5.56 Å². The number of pyridine rings is 1. The molecule has 2 heterocycles. The minimum absolute atomic E-state index is 0.0228. The molecule has 0 saturated heterocycles. The highest BCUT2D eigenvalue weighted by Gasteiger charge is 2.19. The van der Waals surface area contributed by atoms with Gasteiger partial charge in [-0.3, -0.25) is 4.79 Å². The molecule has 0 aliphatic rings. The van der Waals surface area contributed by atoms with Crippen LogP contribution in [0.1, 0.15) is 0 Å². The molecule has 0 radical (unpaired) electrons. The number of ether oxygens (including phenoxy) is 2. The molecule has 3 aromatic rings. The monoisotopic (exact) mass is 366 g/mol. The van der Waals surface area contributed by atoms with Gasteiger partial charge in [-0.1, -0.05) is 23.2 Å². The Morgan fingerprint density at radius 1 is 1.17 bits per heavy atom. The van der Waals surface area contributed by atoms with Crippen LogP contribution in [0.2, 0.25) is 10.0 Å². The molecule has 9 heteroatoms. The molecule has 0 amide bonds. The average molecular weight is 367 g/mol. The van der Waals surface area contributed by atoms with E-state index in [-0.39, 0.29) is 21.6 Å². The van der Waals surface area contributed by atoms with Crippen LogP contribution in [0.4, 0.5) is 11.5 Å². The predicted octanol–water partition coefficient (Wildman–Crippen LogP) is 3.39. The third kappa shape index (κ3) is 2.83. The molecular weight excluding hydrogens is 355 g/mol. The van der Waals surface area contributed by atoms with Crippen molar-refractivity contribution in [3.63, 3.8) is 0 Å². The zero-order valence-electron chi connectivity index (χ0n) is 12.7. The molecule has 0 spiro atoms. The van der Waals surface area contributed by atoms with Crippen molar-refractivity contribution in [3.05, 3.63) is 44.8 Å². The Balaban J connectivity index is 2.15. The highest BCUT2D eigenvalue weighted by Crippen LogP contribution is 2.44. The van der Waals surface area contributed by atoms with Crippen LogP contribution in [-0.4, -0.2) is 29.2 Å². The minimum Gasteiger partial charge on any atom is -0.495 e. The van der Waals surface area contributed by atoms with E-state index in [1.807, 2.05) is 0 Å². The number of methoxy groups -OCH3 is 2. The van der Waals surface area contributed by atoms with Gasteiger partial charge in [0.25, 0.3) is 5.56 Å². The Bertz CT molecular complexity index is 947. The number of hydrogen-bond acceptors (Lipinski definition) is 6. The first-order chi connectivity index (χ1) is 11.5. The lowest BCUT2D eigenvalue weighted by Gasteiger charge is -2.15. The van der Waals surface area contributed by atoms with Gasteiger partial charge >= 0.3 is 0 Å². The largest absolute Gasteiger partial charge is 0.495 e. The summed E-state index contributed by atoms with van der Waals surface area (Å²) in [5.74, 6) is 0.716. The van der Waals surface area contributed by atoms with Gasteiger partial charge in [0.2, 0.25) is 0 Å². The standard InChI is InChI=1S/C15H12Cl2N4O3/c1-23-8-6-9(24-2)11(17)12(10(8)16)20-14-15(22)21-13-7(19-14)4-3-5-18-13/h3-6H,1-2H3,(H,19,20)(H,18,21,22). The van der Waals surface area contributed by atoms with E-state index in [1.165, 1.54) is 14.2 Å². The maximum absolute atomic E-state index is 12.2.